The molecule has 1 aromatic rings. The number of cyclic esters (lactones) is 1. The van der Waals surface area contributed by atoms with E-state index in [2.05, 4.69) is 5.32 Å². The zero-order chi connectivity index (χ0) is 8.55. The Hall–Kier alpha value is -1.45. The number of carbonyl (C=O) groups is 1. The van der Waals surface area contributed by atoms with Crippen LogP contribution < -0.4 is 5.32 Å². The molecular formula is C8H9NO3. The normalized spacial score (nSPS) is 22.1. The smallest absolute Gasteiger partial charge is 0.407 e. The van der Waals surface area contributed by atoms with Crippen LogP contribution in [0, 0.1) is 6.92 Å². The van der Waals surface area contributed by atoms with E-state index in [1.165, 1.54) is 0 Å². The minimum Gasteiger partial charge on any atom is -0.469 e. The lowest BCUT2D eigenvalue weighted by molar-refractivity contribution is 0.177. The first-order valence-electron chi connectivity index (χ1n) is 3.74. The van der Waals surface area contributed by atoms with Crippen LogP contribution in [0.25, 0.3) is 0 Å². The quantitative estimate of drug-likeness (QED) is 0.687. The van der Waals surface area contributed by atoms with Crippen LogP contribution in [0.1, 0.15) is 17.4 Å². The summed E-state index contributed by atoms with van der Waals surface area (Å²) >= 11 is 0. The number of carbonyl (C=O) groups excluding carboxylic acids is 1. The monoisotopic (exact) mass is 167 g/mol. The third-order valence-electron chi connectivity index (χ3n) is 1.95. The van der Waals surface area contributed by atoms with E-state index in [0.29, 0.717) is 6.61 Å². The van der Waals surface area contributed by atoms with Crippen molar-refractivity contribution in [2.45, 2.75) is 13.0 Å². The minimum atomic E-state index is -0.361. The average Bonchev–Trinajstić information content (AvgIpc) is 2.58. The summed E-state index contributed by atoms with van der Waals surface area (Å²) in [7, 11) is 0. The van der Waals surface area contributed by atoms with E-state index in [-0.39, 0.29) is 12.1 Å². The molecule has 1 aliphatic rings. The van der Waals surface area contributed by atoms with Crippen molar-refractivity contribution in [3.05, 3.63) is 23.7 Å². The second-order valence-electron chi connectivity index (χ2n) is 2.73. The number of ether oxygens (including phenoxy) is 1. The summed E-state index contributed by atoms with van der Waals surface area (Å²) in [5.74, 6) is 0.825. The lowest BCUT2D eigenvalue weighted by atomic mass is 10.1. The molecule has 1 unspecified atom stereocenters. The van der Waals surface area contributed by atoms with Crippen molar-refractivity contribution in [1.29, 1.82) is 0 Å². The topological polar surface area (TPSA) is 51.5 Å². The van der Waals surface area contributed by atoms with Gasteiger partial charge < -0.3 is 14.5 Å². The molecule has 4 heteroatoms. The van der Waals surface area contributed by atoms with E-state index >= 15 is 0 Å². The molecule has 1 N–H and O–H groups in total. The number of aryl methyl sites for hydroxylation is 1. The second-order valence-corrected chi connectivity index (χ2v) is 2.73. The van der Waals surface area contributed by atoms with E-state index in [1.807, 2.05) is 13.0 Å². The van der Waals surface area contributed by atoms with Crippen LogP contribution in [0.4, 0.5) is 4.79 Å². The minimum absolute atomic E-state index is 0.0451. The third kappa shape index (κ3) is 1.05. The summed E-state index contributed by atoms with van der Waals surface area (Å²) in [5.41, 5.74) is 0.987. The molecule has 1 aliphatic heterocycles. The summed E-state index contributed by atoms with van der Waals surface area (Å²) in [6.07, 6.45) is 1.25. The van der Waals surface area contributed by atoms with Gasteiger partial charge in [0.2, 0.25) is 0 Å². The van der Waals surface area contributed by atoms with Crippen LogP contribution in [0.2, 0.25) is 0 Å². The molecule has 1 atom stereocenters. The lowest BCUT2D eigenvalue weighted by Gasteiger charge is -2.03. The summed E-state index contributed by atoms with van der Waals surface area (Å²) in [6.45, 7) is 2.25. The number of amides is 1. The largest absolute Gasteiger partial charge is 0.469 e. The van der Waals surface area contributed by atoms with E-state index in [4.69, 9.17) is 9.15 Å². The molecule has 1 fully saturated rings. The lowest BCUT2D eigenvalue weighted by Crippen LogP contribution is -2.18. The van der Waals surface area contributed by atoms with Gasteiger partial charge in [-0.05, 0) is 13.0 Å². The highest BCUT2D eigenvalue weighted by molar-refractivity contribution is 5.70. The molecular weight excluding hydrogens is 158 g/mol. The van der Waals surface area contributed by atoms with Gasteiger partial charge in [-0.3, -0.25) is 0 Å². The molecule has 0 aromatic carbocycles. The number of nitrogens with one attached hydrogen (secondary N) is 1. The molecule has 1 amide bonds. The van der Waals surface area contributed by atoms with E-state index in [9.17, 15) is 4.79 Å². The van der Waals surface area contributed by atoms with Crippen LogP contribution in [-0.4, -0.2) is 12.7 Å². The van der Waals surface area contributed by atoms with Crippen LogP contribution in [0.5, 0.6) is 0 Å². The van der Waals surface area contributed by atoms with Crippen molar-refractivity contribution in [2.24, 2.45) is 0 Å². The predicted octanol–water partition coefficient (Wildman–Crippen LogP) is 1.37. The SMILES string of the molecule is Cc1occc1C1COC(=O)N1. The van der Waals surface area contributed by atoms with Gasteiger partial charge in [-0.2, -0.15) is 0 Å². The number of hydrogen-bond acceptors (Lipinski definition) is 3. The molecule has 12 heavy (non-hydrogen) atoms. The van der Waals surface area contributed by atoms with E-state index in [0.717, 1.165) is 11.3 Å². The zero-order valence-corrected chi connectivity index (χ0v) is 6.66. The van der Waals surface area contributed by atoms with Crippen LogP contribution in [0.3, 0.4) is 0 Å². The Balaban J connectivity index is 2.21. The Morgan fingerprint density at radius 2 is 2.50 bits per heavy atom. The zero-order valence-electron chi connectivity index (χ0n) is 6.66. The van der Waals surface area contributed by atoms with Crippen LogP contribution in [-0.2, 0) is 4.74 Å². The Kier molecular flexibility index (Phi) is 1.53. The molecule has 0 aliphatic carbocycles. The third-order valence-corrected chi connectivity index (χ3v) is 1.95. The first-order chi connectivity index (χ1) is 5.77. The highest BCUT2D eigenvalue weighted by atomic mass is 16.6. The van der Waals surface area contributed by atoms with Gasteiger partial charge in [0.15, 0.2) is 0 Å². The molecule has 0 saturated carbocycles. The summed E-state index contributed by atoms with van der Waals surface area (Å²) < 4.78 is 9.86. The van der Waals surface area contributed by atoms with Crippen LogP contribution in [0.15, 0.2) is 16.7 Å². The predicted molar refractivity (Wildman–Crippen MR) is 40.7 cm³/mol. The van der Waals surface area contributed by atoms with Gasteiger partial charge in [-0.15, -0.1) is 0 Å². The fourth-order valence-corrected chi connectivity index (χ4v) is 1.31. The van der Waals surface area contributed by atoms with Gasteiger partial charge in [0.1, 0.15) is 12.4 Å². The molecule has 1 aromatic heterocycles. The van der Waals surface area contributed by atoms with Crippen molar-refractivity contribution < 1.29 is 13.9 Å². The summed E-state index contributed by atoms with van der Waals surface area (Å²) in [4.78, 5) is 10.7. The molecule has 0 radical (unpaired) electrons. The maximum Gasteiger partial charge on any atom is 0.407 e. The van der Waals surface area contributed by atoms with Crippen molar-refractivity contribution in [3.63, 3.8) is 0 Å². The Labute approximate surface area is 69.5 Å². The number of hydrogen-bond donors (Lipinski definition) is 1. The van der Waals surface area contributed by atoms with Crippen molar-refractivity contribution in [3.8, 4) is 0 Å². The molecule has 0 spiro atoms. The first-order valence-corrected chi connectivity index (χ1v) is 3.74. The van der Waals surface area contributed by atoms with Gasteiger partial charge in [0, 0.05) is 5.56 Å². The van der Waals surface area contributed by atoms with Gasteiger partial charge in [0.25, 0.3) is 0 Å². The fourth-order valence-electron chi connectivity index (χ4n) is 1.31. The van der Waals surface area contributed by atoms with Crippen LogP contribution >= 0.6 is 0 Å². The molecule has 0 bridgehead atoms. The average molecular weight is 167 g/mol. The summed E-state index contributed by atoms with van der Waals surface area (Å²) in [5, 5.41) is 2.68. The van der Waals surface area contributed by atoms with Gasteiger partial charge in [-0.25, -0.2) is 4.79 Å². The summed E-state index contributed by atoms with van der Waals surface area (Å²) in [6, 6.07) is 1.80. The number of furan rings is 1. The first kappa shape index (κ1) is 7.21. The number of alkyl carbamates (subject to hydrolysis) is 1. The Morgan fingerprint density at radius 1 is 1.67 bits per heavy atom. The molecule has 2 heterocycles. The maximum atomic E-state index is 10.7. The Bertz CT molecular complexity index is 305. The van der Waals surface area contributed by atoms with E-state index in [1.54, 1.807) is 6.26 Å². The highest BCUT2D eigenvalue weighted by Gasteiger charge is 2.25. The fraction of sp³-hybridized carbons (Fsp3) is 0.375. The van der Waals surface area contributed by atoms with Crippen molar-refractivity contribution in [2.75, 3.05) is 6.61 Å². The molecule has 4 nitrogen and oxygen atoms in total. The highest BCUT2D eigenvalue weighted by Crippen LogP contribution is 2.21. The molecule has 1 saturated heterocycles. The van der Waals surface area contributed by atoms with Crippen molar-refractivity contribution >= 4 is 6.09 Å². The maximum absolute atomic E-state index is 10.7. The standard InChI is InChI=1S/C8H9NO3/c1-5-6(2-3-11-5)7-4-12-8(10)9-7/h2-3,7H,4H2,1H3,(H,9,10). The van der Waals surface area contributed by atoms with E-state index < -0.39 is 0 Å². The second kappa shape index (κ2) is 2.55. The van der Waals surface area contributed by atoms with Crippen molar-refractivity contribution in [1.82, 2.24) is 5.32 Å². The number of rotatable bonds is 1. The Morgan fingerprint density at radius 3 is 3.00 bits per heavy atom. The molecule has 64 valence electrons. The van der Waals surface area contributed by atoms with Gasteiger partial charge in [-0.1, -0.05) is 0 Å². The molecule has 2 rings (SSSR count). The van der Waals surface area contributed by atoms with Gasteiger partial charge >= 0.3 is 6.09 Å². The van der Waals surface area contributed by atoms with Gasteiger partial charge in [0.05, 0.1) is 12.3 Å².